The Hall–Kier alpha value is -2.78. The number of rotatable bonds is 6. The number of piperidine rings is 1. The quantitative estimate of drug-likeness (QED) is 0.735. The molecule has 2 heterocycles. The molecule has 9 heteroatoms. The number of aromatic nitrogens is 1. The zero-order valence-electron chi connectivity index (χ0n) is 16.5. The first-order valence-corrected chi connectivity index (χ1v) is 11.5. The van der Waals surface area contributed by atoms with Gasteiger partial charge in [-0.3, -0.25) is 14.6 Å². The molecule has 158 valence electrons. The summed E-state index contributed by atoms with van der Waals surface area (Å²) in [5, 5.41) is 5.74. The van der Waals surface area contributed by atoms with Gasteiger partial charge in [-0.25, -0.2) is 8.42 Å². The average molecular weight is 429 g/mol. The number of nitrogens with zero attached hydrogens (tertiary/aromatic N) is 2. The zero-order valence-corrected chi connectivity index (χ0v) is 17.3. The number of sulfonamides is 1. The van der Waals surface area contributed by atoms with Crippen LogP contribution < -0.4 is 10.6 Å². The van der Waals surface area contributed by atoms with Crippen molar-refractivity contribution < 1.29 is 18.0 Å². The number of carbonyl (C=O) groups excluding carboxylic acids is 2. The van der Waals surface area contributed by atoms with Crippen molar-refractivity contribution in [1.29, 1.82) is 0 Å². The normalized spacial score (nSPS) is 18.0. The maximum atomic E-state index is 12.7. The van der Waals surface area contributed by atoms with E-state index >= 15 is 0 Å². The minimum Gasteiger partial charge on any atom is -0.326 e. The summed E-state index contributed by atoms with van der Waals surface area (Å²) in [7, 11) is -3.58. The number of carbonyl (C=O) groups is 2. The zero-order chi connectivity index (χ0) is 21.1. The number of nitrogens with one attached hydrogen (secondary N) is 2. The molecular weight excluding hydrogens is 404 g/mol. The van der Waals surface area contributed by atoms with Crippen LogP contribution in [-0.4, -0.2) is 42.6 Å². The van der Waals surface area contributed by atoms with Crippen LogP contribution in [0.3, 0.4) is 0 Å². The number of benzene rings is 1. The first-order chi connectivity index (χ1) is 14.4. The predicted octanol–water partition coefficient (Wildman–Crippen LogP) is 2.47. The lowest BCUT2D eigenvalue weighted by molar-refractivity contribution is -0.121. The molecule has 8 nitrogen and oxygen atoms in total. The van der Waals surface area contributed by atoms with Gasteiger partial charge in [0, 0.05) is 48.7 Å². The van der Waals surface area contributed by atoms with Crippen molar-refractivity contribution in [3.63, 3.8) is 0 Å². The summed E-state index contributed by atoms with van der Waals surface area (Å²) in [6.07, 6.45) is 5.68. The molecule has 0 spiro atoms. The summed E-state index contributed by atoms with van der Waals surface area (Å²) in [5.41, 5.74) is 1.36. The van der Waals surface area contributed by atoms with Crippen LogP contribution in [0.1, 0.15) is 25.7 Å². The lowest BCUT2D eigenvalue weighted by atomic mass is 9.97. The molecule has 1 aromatic heterocycles. The average Bonchev–Trinajstić information content (AvgIpc) is 3.61. The fourth-order valence-corrected chi connectivity index (χ4v) is 4.91. The highest BCUT2D eigenvalue weighted by atomic mass is 32.2. The van der Waals surface area contributed by atoms with E-state index in [4.69, 9.17) is 0 Å². The summed E-state index contributed by atoms with van der Waals surface area (Å²) in [4.78, 5) is 28.4. The van der Waals surface area contributed by atoms with Gasteiger partial charge in [-0.2, -0.15) is 4.31 Å². The maximum absolute atomic E-state index is 12.7. The maximum Gasteiger partial charge on any atom is 0.244 e. The van der Waals surface area contributed by atoms with Gasteiger partial charge in [0.05, 0.1) is 0 Å². The molecule has 30 heavy (non-hydrogen) atoms. The SMILES string of the molecule is O=C(Nc1ccc(NC(=O)C2CCN(S(=O)(=O)c3cccnc3)CC2)cc1)C1CC1. The third kappa shape index (κ3) is 4.68. The molecule has 1 saturated heterocycles. The van der Waals surface area contributed by atoms with Gasteiger partial charge in [-0.1, -0.05) is 0 Å². The highest BCUT2D eigenvalue weighted by molar-refractivity contribution is 7.89. The van der Waals surface area contributed by atoms with E-state index < -0.39 is 10.0 Å². The van der Waals surface area contributed by atoms with Gasteiger partial charge in [-0.15, -0.1) is 0 Å². The van der Waals surface area contributed by atoms with Crippen molar-refractivity contribution in [3.8, 4) is 0 Å². The monoisotopic (exact) mass is 428 g/mol. The number of amides is 2. The van der Waals surface area contributed by atoms with Crippen LogP contribution in [0.25, 0.3) is 0 Å². The summed E-state index contributed by atoms with van der Waals surface area (Å²) >= 11 is 0. The second kappa shape index (κ2) is 8.53. The lowest BCUT2D eigenvalue weighted by Crippen LogP contribution is -2.41. The Morgan fingerprint density at radius 1 is 0.867 bits per heavy atom. The number of anilines is 2. The lowest BCUT2D eigenvalue weighted by Gasteiger charge is -2.30. The van der Waals surface area contributed by atoms with E-state index in [1.807, 2.05) is 0 Å². The molecule has 4 rings (SSSR count). The molecule has 1 aromatic carbocycles. The van der Waals surface area contributed by atoms with E-state index in [2.05, 4.69) is 15.6 Å². The highest BCUT2D eigenvalue weighted by Gasteiger charge is 2.32. The van der Waals surface area contributed by atoms with Gasteiger partial charge in [0.1, 0.15) is 4.90 Å². The highest BCUT2D eigenvalue weighted by Crippen LogP contribution is 2.30. The minimum atomic E-state index is -3.58. The molecule has 0 bridgehead atoms. The molecule has 2 aromatic rings. The molecule has 2 N–H and O–H groups in total. The van der Waals surface area contributed by atoms with Crippen molar-refractivity contribution >= 4 is 33.2 Å². The van der Waals surface area contributed by atoms with E-state index in [1.165, 1.54) is 22.8 Å². The van der Waals surface area contributed by atoms with E-state index in [-0.39, 0.29) is 28.5 Å². The largest absolute Gasteiger partial charge is 0.326 e. The van der Waals surface area contributed by atoms with E-state index in [0.29, 0.717) is 37.3 Å². The summed E-state index contributed by atoms with van der Waals surface area (Å²) in [6, 6.07) is 10.1. The molecule has 1 saturated carbocycles. The minimum absolute atomic E-state index is 0.0415. The van der Waals surface area contributed by atoms with Crippen LogP contribution in [-0.2, 0) is 19.6 Å². The Bertz CT molecular complexity index is 1010. The van der Waals surface area contributed by atoms with Crippen molar-refractivity contribution in [1.82, 2.24) is 9.29 Å². The standard InChI is InChI=1S/C21H24N4O4S/c26-20(15-3-4-15)23-17-5-7-18(8-6-17)24-21(27)16-9-12-25(13-10-16)30(28,29)19-2-1-11-22-14-19/h1-2,5-8,11,14-16H,3-4,9-10,12-13H2,(H,23,26)(H,24,27). The van der Waals surface area contributed by atoms with Gasteiger partial charge in [0.25, 0.3) is 0 Å². The van der Waals surface area contributed by atoms with Gasteiger partial charge >= 0.3 is 0 Å². The van der Waals surface area contributed by atoms with Crippen molar-refractivity contribution in [2.75, 3.05) is 23.7 Å². The Balaban J connectivity index is 1.29. The smallest absolute Gasteiger partial charge is 0.244 e. The van der Waals surface area contributed by atoms with Crippen molar-refractivity contribution in [2.45, 2.75) is 30.6 Å². The molecule has 1 aliphatic heterocycles. The number of hydrogen-bond acceptors (Lipinski definition) is 5. The molecule has 2 amide bonds. The molecular formula is C21H24N4O4S. The third-order valence-electron chi connectivity index (χ3n) is 5.47. The van der Waals surface area contributed by atoms with Gasteiger partial charge in [0.2, 0.25) is 21.8 Å². The van der Waals surface area contributed by atoms with Crippen LogP contribution >= 0.6 is 0 Å². The first-order valence-electron chi connectivity index (χ1n) is 10.1. The van der Waals surface area contributed by atoms with Crippen LogP contribution in [0.15, 0.2) is 53.7 Å². The van der Waals surface area contributed by atoms with Crippen LogP contribution in [0, 0.1) is 11.8 Å². The van der Waals surface area contributed by atoms with Crippen LogP contribution in [0.5, 0.6) is 0 Å². The second-order valence-electron chi connectivity index (χ2n) is 7.70. The molecule has 1 aliphatic carbocycles. The molecule has 2 fully saturated rings. The predicted molar refractivity (Wildman–Crippen MR) is 112 cm³/mol. The van der Waals surface area contributed by atoms with Crippen molar-refractivity contribution in [2.24, 2.45) is 11.8 Å². The number of pyridine rings is 1. The summed E-state index contributed by atoms with van der Waals surface area (Å²) in [5.74, 6) is -0.195. The van der Waals surface area contributed by atoms with Crippen molar-refractivity contribution in [3.05, 3.63) is 48.8 Å². The summed E-state index contributed by atoms with van der Waals surface area (Å²) in [6.45, 7) is 0.586. The number of hydrogen-bond donors (Lipinski definition) is 2. The Labute approximate surface area is 175 Å². The second-order valence-corrected chi connectivity index (χ2v) is 9.64. The molecule has 2 aliphatic rings. The Morgan fingerprint density at radius 3 is 1.87 bits per heavy atom. The van der Waals surface area contributed by atoms with Gasteiger partial charge < -0.3 is 10.6 Å². The Kier molecular flexibility index (Phi) is 5.83. The topological polar surface area (TPSA) is 108 Å². The van der Waals surface area contributed by atoms with Crippen LogP contribution in [0.2, 0.25) is 0 Å². The molecule has 0 unspecified atom stereocenters. The third-order valence-corrected chi connectivity index (χ3v) is 7.35. The van der Waals surface area contributed by atoms with E-state index in [1.54, 1.807) is 30.3 Å². The Morgan fingerprint density at radius 2 is 1.40 bits per heavy atom. The molecule has 0 atom stereocenters. The summed E-state index contributed by atoms with van der Waals surface area (Å²) < 4.78 is 26.7. The van der Waals surface area contributed by atoms with E-state index in [9.17, 15) is 18.0 Å². The fourth-order valence-electron chi connectivity index (χ4n) is 3.48. The molecule has 0 radical (unpaired) electrons. The van der Waals surface area contributed by atoms with Gasteiger partial charge in [0.15, 0.2) is 0 Å². The van der Waals surface area contributed by atoms with Gasteiger partial charge in [-0.05, 0) is 62.1 Å². The fraction of sp³-hybridized carbons (Fsp3) is 0.381. The van der Waals surface area contributed by atoms with Crippen LogP contribution in [0.4, 0.5) is 11.4 Å². The van der Waals surface area contributed by atoms with E-state index in [0.717, 1.165) is 12.8 Å². The first kappa shape index (κ1) is 20.5.